The molecule has 0 aliphatic heterocycles. The molecule has 1 aromatic heterocycles. The van der Waals surface area contributed by atoms with Crippen molar-refractivity contribution in [1.29, 1.82) is 0 Å². The highest BCUT2D eigenvalue weighted by molar-refractivity contribution is 9.10. The minimum absolute atomic E-state index is 0.976. The zero-order chi connectivity index (χ0) is 13.1. The summed E-state index contributed by atoms with van der Waals surface area (Å²) >= 11 is 3.56. The summed E-state index contributed by atoms with van der Waals surface area (Å²) in [6, 6.07) is 6.29. The Hall–Kier alpha value is -1.13. The van der Waals surface area contributed by atoms with Gasteiger partial charge in [0, 0.05) is 10.7 Å². The lowest BCUT2D eigenvalue weighted by Gasteiger charge is -2.03. The summed E-state index contributed by atoms with van der Waals surface area (Å²) in [7, 11) is 1.97. The molecule has 1 heterocycles. The number of likely N-dealkylation sites (N-methyl/N-ethyl adjacent to an activating group) is 1. The van der Waals surface area contributed by atoms with Crippen LogP contribution in [0.3, 0.4) is 0 Å². The Bertz CT molecular complexity index is 546. The van der Waals surface area contributed by atoms with Gasteiger partial charge in [0.15, 0.2) is 0 Å². The second-order valence-corrected chi connectivity index (χ2v) is 5.33. The molecule has 0 amide bonds. The molecule has 0 aliphatic carbocycles. The van der Waals surface area contributed by atoms with E-state index in [1.807, 2.05) is 11.7 Å². The van der Waals surface area contributed by atoms with E-state index in [0.29, 0.717) is 0 Å². The van der Waals surface area contributed by atoms with Crippen LogP contribution in [0.15, 0.2) is 28.9 Å². The van der Waals surface area contributed by atoms with Gasteiger partial charge in [-0.2, -0.15) is 5.10 Å². The van der Waals surface area contributed by atoms with Crippen LogP contribution < -0.4 is 5.32 Å². The van der Waals surface area contributed by atoms with E-state index in [1.165, 1.54) is 11.1 Å². The Morgan fingerprint density at radius 2 is 2.11 bits per heavy atom. The fourth-order valence-electron chi connectivity index (χ4n) is 1.86. The first kappa shape index (κ1) is 13.3. The summed E-state index contributed by atoms with van der Waals surface area (Å²) in [6.07, 6.45) is 3.12. The molecule has 0 saturated heterocycles. The average molecular weight is 308 g/mol. The Balaban J connectivity index is 2.30. The van der Waals surface area contributed by atoms with Crippen LogP contribution in [0.4, 0.5) is 0 Å². The molecular weight excluding hydrogens is 290 g/mol. The number of halogens is 1. The van der Waals surface area contributed by atoms with Crippen molar-refractivity contribution >= 4 is 15.9 Å². The molecule has 0 bridgehead atoms. The van der Waals surface area contributed by atoms with Gasteiger partial charge in [0.25, 0.3) is 0 Å². The zero-order valence-corrected chi connectivity index (χ0v) is 12.6. The lowest BCUT2D eigenvalue weighted by atomic mass is 10.2. The van der Waals surface area contributed by atoms with E-state index in [0.717, 1.165) is 28.8 Å². The minimum Gasteiger partial charge on any atom is -0.319 e. The first-order valence-electron chi connectivity index (χ1n) is 6.08. The molecule has 96 valence electrons. The standard InChI is InChI=1S/C14H18BrN3/c1-10-4-5-13(8-14(10)15)18-9-12(6-7-16-3)11(2)17-18/h4-5,8-9,16H,6-7H2,1-3H3. The number of nitrogens with one attached hydrogen (secondary N) is 1. The molecule has 0 saturated carbocycles. The summed E-state index contributed by atoms with van der Waals surface area (Å²) in [5.41, 5.74) is 4.72. The third-order valence-electron chi connectivity index (χ3n) is 3.06. The highest BCUT2D eigenvalue weighted by atomic mass is 79.9. The summed E-state index contributed by atoms with van der Waals surface area (Å²) in [5, 5.41) is 7.74. The van der Waals surface area contributed by atoms with Crippen molar-refractivity contribution in [2.75, 3.05) is 13.6 Å². The molecule has 2 rings (SSSR count). The number of aryl methyl sites for hydroxylation is 2. The van der Waals surface area contributed by atoms with Crippen molar-refractivity contribution in [2.45, 2.75) is 20.3 Å². The van der Waals surface area contributed by atoms with Crippen molar-refractivity contribution < 1.29 is 0 Å². The largest absolute Gasteiger partial charge is 0.319 e. The molecule has 0 spiro atoms. The second kappa shape index (κ2) is 5.67. The van der Waals surface area contributed by atoms with Crippen LogP contribution in [-0.2, 0) is 6.42 Å². The maximum Gasteiger partial charge on any atom is 0.0657 e. The van der Waals surface area contributed by atoms with E-state index < -0.39 is 0 Å². The molecule has 18 heavy (non-hydrogen) atoms. The van der Waals surface area contributed by atoms with E-state index in [-0.39, 0.29) is 0 Å². The second-order valence-electron chi connectivity index (χ2n) is 4.47. The minimum atomic E-state index is 0.976. The SMILES string of the molecule is CNCCc1cn(-c2ccc(C)c(Br)c2)nc1C. The Morgan fingerprint density at radius 3 is 2.78 bits per heavy atom. The lowest BCUT2D eigenvalue weighted by Crippen LogP contribution is -2.10. The van der Waals surface area contributed by atoms with E-state index >= 15 is 0 Å². The van der Waals surface area contributed by atoms with Gasteiger partial charge in [0.2, 0.25) is 0 Å². The molecule has 0 fully saturated rings. The monoisotopic (exact) mass is 307 g/mol. The Kier molecular flexibility index (Phi) is 4.19. The lowest BCUT2D eigenvalue weighted by molar-refractivity contribution is 0.788. The number of hydrogen-bond donors (Lipinski definition) is 1. The summed E-state index contributed by atoms with van der Waals surface area (Å²) in [4.78, 5) is 0. The van der Waals surface area contributed by atoms with Crippen LogP contribution in [0.2, 0.25) is 0 Å². The van der Waals surface area contributed by atoms with Gasteiger partial charge < -0.3 is 5.32 Å². The van der Waals surface area contributed by atoms with Gasteiger partial charge in [-0.1, -0.05) is 22.0 Å². The third-order valence-corrected chi connectivity index (χ3v) is 3.92. The van der Waals surface area contributed by atoms with Crippen LogP contribution >= 0.6 is 15.9 Å². The van der Waals surface area contributed by atoms with Gasteiger partial charge in [-0.3, -0.25) is 0 Å². The summed E-state index contributed by atoms with van der Waals surface area (Å²) < 4.78 is 3.06. The summed E-state index contributed by atoms with van der Waals surface area (Å²) in [6.45, 7) is 5.12. The average Bonchev–Trinajstić information content (AvgIpc) is 2.72. The fraction of sp³-hybridized carbons (Fsp3) is 0.357. The van der Waals surface area contributed by atoms with Crippen LogP contribution in [0.1, 0.15) is 16.8 Å². The first-order chi connectivity index (χ1) is 8.61. The topological polar surface area (TPSA) is 29.9 Å². The molecule has 0 radical (unpaired) electrons. The van der Waals surface area contributed by atoms with Crippen molar-refractivity contribution in [3.05, 3.63) is 45.7 Å². The quantitative estimate of drug-likeness (QED) is 0.941. The number of benzene rings is 1. The number of hydrogen-bond acceptors (Lipinski definition) is 2. The van der Waals surface area contributed by atoms with E-state index in [4.69, 9.17) is 0 Å². The normalized spacial score (nSPS) is 10.9. The predicted molar refractivity (Wildman–Crippen MR) is 78.4 cm³/mol. The van der Waals surface area contributed by atoms with Gasteiger partial charge >= 0.3 is 0 Å². The van der Waals surface area contributed by atoms with Gasteiger partial charge in [-0.05, 0) is 57.1 Å². The predicted octanol–water partition coefficient (Wildman–Crippen LogP) is 3.01. The van der Waals surface area contributed by atoms with Crippen LogP contribution in [0, 0.1) is 13.8 Å². The molecule has 2 aromatic rings. The van der Waals surface area contributed by atoms with Crippen LogP contribution in [0.5, 0.6) is 0 Å². The molecule has 4 heteroatoms. The van der Waals surface area contributed by atoms with E-state index in [2.05, 4.69) is 64.6 Å². The van der Waals surface area contributed by atoms with Gasteiger partial charge in [-0.25, -0.2) is 4.68 Å². The van der Waals surface area contributed by atoms with Crippen LogP contribution in [0.25, 0.3) is 5.69 Å². The van der Waals surface area contributed by atoms with Gasteiger partial charge in [0.1, 0.15) is 0 Å². The van der Waals surface area contributed by atoms with E-state index in [9.17, 15) is 0 Å². The molecule has 0 atom stereocenters. The smallest absolute Gasteiger partial charge is 0.0657 e. The highest BCUT2D eigenvalue weighted by Gasteiger charge is 2.06. The van der Waals surface area contributed by atoms with Crippen molar-refractivity contribution in [1.82, 2.24) is 15.1 Å². The third kappa shape index (κ3) is 2.82. The maximum atomic E-state index is 4.57. The number of nitrogens with zero attached hydrogens (tertiary/aromatic N) is 2. The number of rotatable bonds is 4. The molecule has 1 N–H and O–H groups in total. The van der Waals surface area contributed by atoms with Gasteiger partial charge in [-0.15, -0.1) is 0 Å². The first-order valence-corrected chi connectivity index (χ1v) is 6.87. The Morgan fingerprint density at radius 1 is 1.33 bits per heavy atom. The Labute approximate surface area is 116 Å². The van der Waals surface area contributed by atoms with Crippen molar-refractivity contribution in [3.63, 3.8) is 0 Å². The molecule has 1 aromatic carbocycles. The van der Waals surface area contributed by atoms with Crippen molar-refractivity contribution in [3.8, 4) is 5.69 Å². The van der Waals surface area contributed by atoms with Gasteiger partial charge in [0.05, 0.1) is 11.4 Å². The molecule has 0 unspecified atom stereocenters. The fourth-order valence-corrected chi connectivity index (χ4v) is 2.22. The number of aromatic nitrogens is 2. The van der Waals surface area contributed by atoms with E-state index in [1.54, 1.807) is 0 Å². The summed E-state index contributed by atoms with van der Waals surface area (Å²) in [5.74, 6) is 0. The molecule has 0 aliphatic rings. The zero-order valence-electron chi connectivity index (χ0n) is 11.0. The molecule has 3 nitrogen and oxygen atoms in total. The maximum absolute atomic E-state index is 4.57. The molecular formula is C14H18BrN3. The van der Waals surface area contributed by atoms with Crippen molar-refractivity contribution in [2.24, 2.45) is 0 Å². The highest BCUT2D eigenvalue weighted by Crippen LogP contribution is 2.20. The van der Waals surface area contributed by atoms with Crippen LogP contribution in [-0.4, -0.2) is 23.4 Å².